The third kappa shape index (κ3) is 5.91. The van der Waals surface area contributed by atoms with Crippen LogP contribution in [0.1, 0.15) is 51.8 Å². The molecule has 3 nitrogen and oxygen atoms in total. The molecule has 110 valence electrons. The van der Waals surface area contributed by atoms with Crippen molar-refractivity contribution < 1.29 is 4.79 Å². The minimum atomic E-state index is -0.183. The van der Waals surface area contributed by atoms with Crippen molar-refractivity contribution in [1.82, 2.24) is 10.6 Å². The van der Waals surface area contributed by atoms with Gasteiger partial charge in [0.15, 0.2) is 0 Å². The number of hydrogen-bond donors (Lipinski definition) is 2. The lowest BCUT2D eigenvalue weighted by molar-refractivity contribution is 0.241. The fraction of sp³-hybridized carbons (Fsp3) is 0.471. The van der Waals surface area contributed by atoms with Crippen molar-refractivity contribution in [2.45, 2.75) is 47.1 Å². The van der Waals surface area contributed by atoms with E-state index in [1.165, 1.54) is 5.56 Å². The molecule has 20 heavy (non-hydrogen) atoms. The van der Waals surface area contributed by atoms with Gasteiger partial charge in [-0.1, -0.05) is 58.0 Å². The molecule has 0 aromatic heterocycles. The van der Waals surface area contributed by atoms with Gasteiger partial charge in [0.05, 0.1) is 6.04 Å². The van der Waals surface area contributed by atoms with Crippen molar-refractivity contribution in [3.63, 3.8) is 0 Å². The monoisotopic (exact) mass is 274 g/mol. The van der Waals surface area contributed by atoms with Gasteiger partial charge in [0, 0.05) is 6.20 Å². The quantitative estimate of drug-likeness (QED) is 0.850. The zero-order chi connectivity index (χ0) is 15.2. The summed E-state index contributed by atoms with van der Waals surface area (Å²) in [6.07, 6.45) is 4.69. The lowest BCUT2D eigenvalue weighted by atomic mass is 9.97. The van der Waals surface area contributed by atoms with Crippen LogP contribution in [0.3, 0.4) is 0 Å². The van der Waals surface area contributed by atoms with Crippen molar-refractivity contribution in [2.24, 2.45) is 5.41 Å². The molecule has 0 spiro atoms. The maximum atomic E-state index is 11.8. The molecule has 0 aliphatic carbocycles. The highest BCUT2D eigenvalue weighted by molar-refractivity contribution is 5.75. The number of hydrogen-bond acceptors (Lipinski definition) is 1. The van der Waals surface area contributed by atoms with Crippen LogP contribution in [0, 0.1) is 5.41 Å². The molecule has 0 radical (unpaired) electrons. The minimum absolute atomic E-state index is 0.0102. The topological polar surface area (TPSA) is 41.1 Å². The maximum Gasteiger partial charge on any atom is 0.319 e. The fourth-order valence-electron chi connectivity index (χ4n) is 1.73. The molecule has 0 bridgehead atoms. The molecule has 1 aromatic carbocycles. The van der Waals surface area contributed by atoms with Gasteiger partial charge in [-0.05, 0) is 29.9 Å². The number of allylic oxidation sites excluding steroid dienone is 1. The van der Waals surface area contributed by atoms with Crippen LogP contribution in [0.15, 0.2) is 36.5 Å². The Morgan fingerprint density at radius 3 is 2.35 bits per heavy atom. The average molecular weight is 274 g/mol. The Morgan fingerprint density at radius 1 is 1.25 bits per heavy atom. The summed E-state index contributed by atoms with van der Waals surface area (Å²) >= 11 is 0. The van der Waals surface area contributed by atoms with E-state index in [9.17, 15) is 4.79 Å². The van der Waals surface area contributed by atoms with Crippen LogP contribution in [-0.2, 0) is 6.42 Å². The summed E-state index contributed by atoms with van der Waals surface area (Å²) in [5.41, 5.74) is 2.48. The number of rotatable bonds is 4. The summed E-state index contributed by atoms with van der Waals surface area (Å²) in [7, 11) is 0. The van der Waals surface area contributed by atoms with E-state index < -0.39 is 0 Å². The van der Waals surface area contributed by atoms with Crippen LogP contribution < -0.4 is 10.6 Å². The van der Waals surface area contributed by atoms with Crippen LogP contribution in [-0.4, -0.2) is 6.03 Å². The molecule has 2 N–H and O–H groups in total. The first-order valence-corrected chi connectivity index (χ1v) is 7.15. The zero-order valence-corrected chi connectivity index (χ0v) is 13.2. The van der Waals surface area contributed by atoms with Crippen LogP contribution >= 0.6 is 0 Å². The summed E-state index contributed by atoms with van der Waals surface area (Å²) in [5.74, 6) is 0. The predicted octanol–water partition coefficient (Wildman–Crippen LogP) is 4.17. The Bertz CT molecular complexity index is 455. The third-order valence-corrected chi connectivity index (χ3v) is 3.03. The summed E-state index contributed by atoms with van der Waals surface area (Å²) in [5, 5.41) is 5.65. The molecule has 0 fully saturated rings. The summed E-state index contributed by atoms with van der Waals surface area (Å²) in [6, 6.07) is 8.14. The summed E-state index contributed by atoms with van der Waals surface area (Å²) in [6.45, 7) is 10.4. The zero-order valence-electron chi connectivity index (χ0n) is 13.2. The smallest absolute Gasteiger partial charge is 0.319 e. The number of aryl methyl sites for hydroxylation is 1. The molecular formula is C17H26N2O. The highest BCUT2D eigenvalue weighted by Gasteiger charge is 2.09. The molecule has 0 heterocycles. The number of carbonyl (C=O) groups excluding carboxylic acids is 1. The van der Waals surface area contributed by atoms with Crippen molar-refractivity contribution in [2.75, 3.05) is 0 Å². The van der Waals surface area contributed by atoms with E-state index in [2.05, 4.69) is 62.6 Å². The Kier molecular flexibility index (Phi) is 5.81. The first kappa shape index (κ1) is 16.3. The fourth-order valence-corrected chi connectivity index (χ4v) is 1.73. The van der Waals surface area contributed by atoms with Crippen molar-refractivity contribution in [1.29, 1.82) is 0 Å². The van der Waals surface area contributed by atoms with E-state index in [0.29, 0.717) is 0 Å². The van der Waals surface area contributed by atoms with E-state index >= 15 is 0 Å². The summed E-state index contributed by atoms with van der Waals surface area (Å²) < 4.78 is 0. The molecule has 1 unspecified atom stereocenters. The van der Waals surface area contributed by atoms with Gasteiger partial charge in [0.2, 0.25) is 0 Å². The highest BCUT2D eigenvalue weighted by atomic mass is 16.2. The molecule has 0 saturated heterocycles. The van der Waals surface area contributed by atoms with Crippen molar-refractivity contribution in [3.8, 4) is 0 Å². The van der Waals surface area contributed by atoms with Gasteiger partial charge in [-0.3, -0.25) is 0 Å². The molecule has 2 amide bonds. The number of nitrogens with one attached hydrogen (secondary N) is 2. The molecule has 0 saturated carbocycles. The second kappa shape index (κ2) is 7.13. The molecule has 3 heteroatoms. The van der Waals surface area contributed by atoms with Gasteiger partial charge in [-0.2, -0.15) is 0 Å². The van der Waals surface area contributed by atoms with Crippen LogP contribution in [0.5, 0.6) is 0 Å². The standard InChI is InChI=1S/C17H26N2O/c1-6-14-7-9-15(10-8-14)13(2)19-16(20)18-12-11-17(3,4)5/h7-13H,6H2,1-5H3,(H2,18,19,20)/b12-11+. The van der Waals surface area contributed by atoms with Crippen molar-refractivity contribution in [3.05, 3.63) is 47.7 Å². The second-order valence-corrected chi connectivity index (χ2v) is 6.13. The Balaban J connectivity index is 2.50. The minimum Gasteiger partial charge on any atom is -0.331 e. The number of amides is 2. The maximum absolute atomic E-state index is 11.8. The predicted molar refractivity (Wildman–Crippen MR) is 84.5 cm³/mol. The molecule has 1 atom stereocenters. The number of benzene rings is 1. The number of urea groups is 1. The van der Waals surface area contributed by atoms with Crippen LogP contribution in [0.25, 0.3) is 0 Å². The van der Waals surface area contributed by atoms with Gasteiger partial charge < -0.3 is 10.6 Å². The van der Waals surface area contributed by atoms with Gasteiger partial charge in [-0.25, -0.2) is 4.79 Å². The first-order valence-electron chi connectivity index (χ1n) is 7.15. The SMILES string of the molecule is CCc1ccc(C(C)NC(=O)N/C=C/C(C)(C)C)cc1. The van der Waals surface area contributed by atoms with E-state index in [-0.39, 0.29) is 17.5 Å². The highest BCUT2D eigenvalue weighted by Crippen LogP contribution is 2.14. The lowest BCUT2D eigenvalue weighted by Gasteiger charge is -2.15. The molecule has 1 rings (SSSR count). The Hall–Kier alpha value is -1.77. The van der Waals surface area contributed by atoms with Gasteiger partial charge >= 0.3 is 6.03 Å². The molecule has 0 aliphatic rings. The average Bonchev–Trinajstić information content (AvgIpc) is 2.37. The Labute approximate surface area is 122 Å². The van der Waals surface area contributed by atoms with Gasteiger partial charge in [0.25, 0.3) is 0 Å². The normalized spacial score (nSPS) is 13.2. The molecular weight excluding hydrogens is 248 g/mol. The van der Waals surface area contributed by atoms with Crippen LogP contribution in [0.2, 0.25) is 0 Å². The third-order valence-electron chi connectivity index (χ3n) is 3.03. The van der Waals surface area contributed by atoms with E-state index in [0.717, 1.165) is 12.0 Å². The van der Waals surface area contributed by atoms with Crippen LogP contribution in [0.4, 0.5) is 4.79 Å². The second-order valence-electron chi connectivity index (χ2n) is 6.13. The summed E-state index contributed by atoms with van der Waals surface area (Å²) in [4.78, 5) is 11.8. The van der Waals surface area contributed by atoms with Gasteiger partial charge in [0.1, 0.15) is 0 Å². The number of carbonyl (C=O) groups is 1. The largest absolute Gasteiger partial charge is 0.331 e. The van der Waals surface area contributed by atoms with E-state index in [4.69, 9.17) is 0 Å². The van der Waals surface area contributed by atoms with E-state index in [1.807, 2.05) is 13.0 Å². The Morgan fingerprint density at radius 2 is 1.85 bits per heavy atom. The first-order chi connectivity index (χ1) is 9.31. The van der Waals surface area contributed by atoms with Gasteiger partial charge in [-0.15, -0.1) is 0 Å². The van der Waals surface area contributed by atoms with Crippen molar-refractivity contribution >= 4 is 6.03 Å². The lowest BCUT2D eigenvalue weighted by Crippen LogP contribution is -2.34. The molecule has 0 aliphatic heterocycles. The molecule has 1 aromatic rings. The van der Waals surface area contributed by atoms with E-state index in [1.54, 1.807) is 6.20 Å².